The van der Waals surface area contributed by atoms with Gasteiger partial charge in [0.2, 0.25) is 0 Å². The van der Waals surface area contributed by atoms with E-state index < -0.39 is 11.8 Å². The van der Waals surface area contributed by atoms with E-state index in [1.807, 2.05) is 54.7 Å². The van der Waals surface area contributed by atoms with Crippen molar-refractivity contribution < 1.29 is 9.59 Å². The monoisotopic (exact) mass is 364 g/mol. The molecule has 130 valence electrons. The topological polar surface area (TPSA) is 86.9 Å². The van der Waals surface area contributed by atoms with E-state index in [9.17, 15) is 9.59 Å². The van der Waals surface area contributed by atoms with E-state index in [0.717, 1.165) is 26.7 Å². The van der Waals surface area contributed by atoms with Crippen LogP contribution in [0.1, 0.15) is 5.56 Å². The molecule has 0 fully saturated rings. The fourth-order valence-corrected chi connectivity index (χ4v) is 3.67. The number of nitrogens with one attached hydrogen (secondary N) is 3. The molecule has 0 saturated heterocycles. The standard InChI is InChI=1S/C19H16N4O2S/c24-17(18(25)23-19-22-15-7-3-4-8-16(15)26-19)20-10-9-12-11-21-14-6-2-1-5-13(12)14/h1-8,11,21H,9-10H2,(H,20,24)(H,22,23,25). The van der Waals surface area contributed by atoms with Gasteiger partial charge in [0.05, 0.1) is 10.2 Å². The Balaban J connectivity index is 1.33. The molecule has 6 nitrogen and oxygen atoms in total. The van der Waals surface area contributed by atoms with Crippen molar-refractivity contribution in [3.05, 3.63) is 60.3 Å². The fourth-order valence-electron chi connectivity index (χ4n) is 2.81. The Labute approximate surface area is 153 Å². The summed E-state index contributed by atoms with van der Waals surface area (Å²) in [6.45, 7) is 0.383. The molecular weight excluding hydrogens is 348 g/mol. The number of H-pyrrole nitrogens is 1. The average molecular weight is 364 g/mol. The van der Waals surface area contributed by atoms with Crippen LogP contribution in [0.4, 0.5) is 5.13 Å². The predicted molar refractivity (Wildman–Crippen MR) is 103 cm³/mol. The normalized spacial score (nSPS) is 10.9. The van der Waals surface area contributed by atoms with Gasteiger partial charge in [-0.2, -0.15) is 0 Å². The minimum atomic E-state index is -0.706. The van der Waals surface area contributed by atoms with Gasteiger partial charge in [-0.15, -0.1) is 0 Å². The lowest BCUT2D eigenvalue weighted by molar-refractivity contribution is -0.136. The minimum absolute atomic E-state index is 0.383. The number of benzene rings is 2. The van der Waals surface area contributed by atoms with E-state index in [4.69, 9.17) is 0 Å². The summed E-state index contributed by atoms with van der Waals surface area (Å²) >= 11 is 1.34. The van der Waals surface area contributed by atoms with Crippen LogP contribution in [0.15, 0.2) is 54.7 Å². The van der Waals surface area contributed by atoms with Crippen LogP contribution in [-0.4, -0.2) is 28.3 Å². The van der Waals surface area contributed by atoms with E-state index in [-0.39, 0.29) is 0 Å². The van der Waals surface area contributed by atoms with E-state index in [2.05, 4.69) is 20.6 Å². The first-order valence-corrected chi connectivity index (χ1v) is 9.02. The number of hydrogen-bond donors (Lipinski definition) is 3. The third kappa shape index (κ3) is 3.29. The zero-order chi connectivity index (χ0) is 17.9. The summed E-state index contributed by atoms with van der Waals surface area (Å²) in [4.78, 5) is 31.5. The summed E-state index contributed by atoms with van der Waals surface area (Å²) in [5.74, 6) is -1.37. The number of para-hydroxylation sites is 2. The Kier molecular flexibility index (Phi) is 4.37. The zero-order valence-electron chi connectivity index (χ0n) is 13.8. The Morgan fingerprint density at radius 2 is 1.85 bits per heavy atom. The lowest BCUT2D eigenvalue weighted by atomic mass is 10.1. The molecule has 4 aromatic rings. The van der Waals surface area contributed by atoms with Gasteiger partial charge in [-0.25, -0.2) is 4.98 Å². The summed E-state index contributed by atoms with van der Waals surface area (Å²) in [6.07, 6.45) is 2.57. The Morgan fingerprint density at radius 1 is 1.04 bits per heavy atom. The van der Waals surface area contributed by atoms with Crippen LogP contribution in [0.3, 0.4) is 0 Å². The number of anilines is 1. The molecular formula is C19H16N4O2S. The zero-order valence-corrected chi connectivity index (χ0v) is 14.6. The first kappa shape index (κ1) is 16.3. The van der Waals surface area contributed by atoms with E-state index in [0.29, 0.717) is 18.1 Å². The van der Waals surface area contributed by atoms with Crippen molar-refractivity contribution in [1.82, 2.24) is 15.3 Å². The van der Waals surface area contributed by atoms with Crippen LogP contribution >= 0.6 is 11.3 Å². The van der Waals surface area contributed by atoms with Gasteiger partial charge in [-0.3, -0.25) is 14.9 Å². The number of fused-ring (bicyclic) bond motifs is 2. The molecule has 2 heterocycles. The molecule has 2 aromatic carbocycles. The Hall–Kier alpha value is -3.19. The van der Waals surface area contributed by atoms with Gasteiger partial charge in [-0.05, 0) is 30.2 Å². The lowest BCUT2D eigenvalue weighted by Gasteiger charge is -2.04. The molecule has 0 spiro atoms. The summed E-state index contributed by atoms with van der Waals surface area (Å²) in [5, 5.41) is 6.75. The summed E-state index contributed by atoms with van der Waals surface area (Å²) < 4.78 is 0.961. The molecule has 0 aliphatic heterocycles. The Bertz CT molecular complexity index is 1070. The molecule has 0 aliphatic carbocycles. The summed E-state index contributed by atoms with van der Waals surface area (Å²) in [5.41, 5.74) is 2.96. The number of aromatic nitrogens is 2. The first-order chi connectivity index (χ1) is 12.7. The van der Waals surface area contributed by atoms with Crippen molar-refractivity contribution in [2.45, 2.75) is 6.42 Å². The molecule has 0 bridgehead atoms. The molecule has 26 heavy (non-hydrogen) atoms. The van der Waals surface area contributed by atoms with E-state index in [1.54, 1.807) is 0 Å². The van der Waals surface area contributed by atoms with Gasteiger partial charge >= 0.3 is 11.8 Å². The highest BCUT2D eigenvalue weighted by molar-refractivity contribution is 7.22. The average Bonchev–Trinajstić information content (AvgIpc) is 3.25. The molecule has 0 saturated carbocycles. The molecule has 2 amide bonds. The lowest BCUT2D eigenvalue weighted by Crippen LogP contribution is -2.36. The second kappa shape index (κ2) is 6.97. The molecule has 2 aromatic heterocycles. The third-order valence-corrected chi connectivity index (χ3v) is 5.03. The van der Waals surface area contributed by atoms with E-state index >= 15 is 0 Å². The fraction of sp³-hybridized carbons (Fsp3) is 0.105. The highest BCUT2D eigenvalue weighted by atomic mass is 32.1. The van der Waals surface area contributed by atoms with Crippen LogP contribution in [0.5, 0.6) is 0 Å². The van der Waals surface area contributed by atoms with Crippen molar-refractivity contribution in [3.63, 3.8) is 0 Å². The molecule has 0 aliphatic rings. The molecule has 4 rings (SSSR count). The van der Waals surface area contributed by atoms with Crippen LogP contribution in [0, 0.1) is 0 Å². The van der Waals surface area contributed by atoms with Gasteiger partial charge in [0.15, 0.2) is 5.13 Å². The van der Waals surface area contributed by atoms with Gasteiger partial charge in [0.1, 0.15) is 0 Å². The van der Waals surface area contributed by atoms with Gasteiger partial charge in [0, 0.05) is 23.6 Å². The van der Waals surface area contributed by atoms with Crippen molar-refractivity contribution in [2.24, 2.45) is 0 Å². The highest BCUT2D eigenvalue weighted by Gasteiger charge is 2.15. The van der Waals surface area contributed by atoms with Crippen molar-refractivity contribution in [1.29, 1.82) is 0 Å². The largest absolute Gasteiger partial charge is 0.361 e. The summed E-state index contributed by atoms with van der Waals surface area (Å²) in [6, 6.07) is 15.5. The molecule has 3 N–H and O–H groups in total. The number of carbonyl (C=O) groups is 2. The minimum Gasteiger partial charge on any atom is -0.361 e. The molecule has 0 radical (unpaired) electrons. The molecule has 7 heteroatoms. The van der Waals surface area contributed by atoms with Gasteiger partial charge < -0.3 is 10.3 Å². The highest BCUT2D eigenvalue weighted by Crippen LogP contribution is 2.25. The second-order valence-electron chi connectivity index (χ2n) is 5.81. The Morgan fingerprint density at radius 3 is 2.73 bits per heavy atom. The van der Waals surface area contributed by atoms with Crippen molar-refractivity contribution in [3.8, 4) is 0 Å². The maximum Gasteiger partial charge on any atom is 0.315 e. The van der Waals surface area contributed by atoms with Crippen molar-refractivity contribution in [2.75, 3.05) is 11.9 Å². The maximum atomic E-state index is 12.0. The van der Waals surface area contributed by atoms with Crippen LogP contribution in [0.2, 0.25) is 0 Å². The number of rotatable bonds is 4. The van der Waals surface area contributed by atoms with Gasteiger partial charge in [0.25, 0.3) is 0 Å². The predicted octanol–water partition coefficient (Wildman–Crippen LogP) is 3.08. The molecule has 0 unspecified atom stereocenters. The third-order valence-electron chi connectivity index (χ3n) is 4.08. The van der Waals surface area contributed by atoms with Crippen molar-refractivity contribution >= 4 is 49.4 Å². The molecule has 0 atom stereocenters. The number of nitrogens with zero attached hydrogens (tertiary/aromatic N) is 1. The maximum absolute atomic E-state index is 12.0. The number of aromatic amines is 1. The number of hydrogen-bond acceptors (Lipinski definition) is 4. The number of carbonyl (C=O) groups excluding carboxylic acids is 2. The quantitative estimate of drug-likeness (QED) is 0.486. The SMILES string of the molecule is O=C(NCCc1c[nH]c2ccccc12)C(=O)Nc1nc2ccccc2s1. The van der Waals surface area contributed by atoms with Gasteiger partial charge in [-0.1, -0.05) is 41.7 Å². The summed E-state index contributed by atoms with van der Waals surface area (Å²) in [7, 11) is 0. The van der Waals surface area contributed by atoms with E-state index in [1.165, 1.54) is 11.3 Å². The first-order valence-electron chi connectivity index (χ1n) is 8.20. The van der Waals surface area contributed by atoms with Crippen LogP contribution in [-0.2, 0) is 16.0 Å². The van der Waals surface area contributed by atoms with Crippen LogP contribution < -0.4 is 10.6 Å². The smallest absolute Gasteiger partial charge is 0.315 e. The number of thiazole rings is 1. The number of amides is 2. The van der Waals surface area contributed by atoms with Crippen LogP contribution in [0.25, 0.3) is 21.1 Å². The second-order valence-corrected chi connectivity index (χ2v) is 6.84.